The average Bonchev–Trinajstić information content (AvgIpc) is 2.34. The average molecular weight is 238 g/mol. The first-order chi connectivity index (χ1) is 8.16. The highest BCUT2D eigenvalue weighted by atomic mass is 16.5. The fourth-order valence-electron chi connectivity index (χ4n) is 3.20. The summed E-state index contributed by atoms with van der Waals surface area (Å²) in [5.41, 5.74) is 0. The zero-order chi connectivity index (χ0) is 12.3. The van der Waals surface area contributed by atoms with Crippen LogP contribution in [0.1, 0.15) is 58.8 Å². The Kier molecular flexibility index (Phi) is 4.61. The molecule has 98 valence electrons. The van der Waals surface area contributed by atoms with Gasteiger partial charge >= 0.3 is 0 Å². The minimum atomic E-state index is 0.228. The van der Waals surface area contributed by atoms with Crippen molar-refractivity contribution in [1.82, 2.24) is 0 Å². The highest BCUT2D eigenvalue weighted by Gasteiger charge is 2.30. The highest BCUT2D eigenvalue weighted by molar-refractivity contribution is 5.81. The second-order valence-corrected chi connectivity index (χ2v) is 6.12. The number of rotatable bonds is 3. The number of hydrogen-bond donors (Lipinski definition) is 0. The fraction of sp³-hybridized carbons (Fsp3) is 0.933. The van der Waals surface area contributed by atoms with Gasteiger partial charge in [0.15, 0.2) is 0 Å². The molecule has 1 heterocycles. The standard InChI is InChI=1S/C15H26O2/c1-11-6-7-13(9-12(11)2)15(16)10-14-5-3-4-8-17-14/h11-14H,3-10H2,1-2H3. The predicted molar refractivity (Wildman–Crippen MR) is 68.9 cm³/mol. The first-order valence-electron chi connectivity index (χ1n) is 7.31. The third-order valence-electron chi connectivity index (χ3n) is 4.76. The Morgan fingerprint density at radius 3 is 2.59 bits per heavy atom. The number of carbonyl (C=O) groups is 1. The van der Waals surface area contributed by atoms with Gasteiger partial charge in [-0.2, -0.15) is 0 Å². The van der Waals surface area contributed by atoms with Gasteiger partial charge in [-0.25, -0.2) is 0 Å². The molecule has 0 bridgehead atoms. The van der Waals surface area contributed by atoms with E-state index in [0.29, 0.717) is 24.0 Å². The van der Waals surface area contributed by atoms with Gasteiger partial charge in [0.1, 0.15) is 5.78 Å². The number of ketones is 1. The summed E-state index contributed by atoms with van der Waals surface area (Å²) < 4.78 is 5.67. The van der Waals surface area contributed by atoms with Gasteiger partial charge in [0, 0.05) is 18.9 Å². The van der Waals surface area contributed by atoms with Crippen molar-refractivity contribution in [3.05, 3.63) is 0 Å². The first kappa shape index (κ1) is 13.1. The fourth-order valence-corrected chi connectivity index (χ4v) is 3.20. The summed E-state index contributed by atoms with van der Waals surface area (Å²) in [5, 5.41) is 0. The number of Topliss-reactive ketones (excluding diaryl/α,β-unsaturated/α-hetero) is 1. The Morgan fingerprint density at radius 1 is 1.12 bits per heavy atom. The maximum atomic E-state index is 12.2. The largest absolute Gasteiger partial charge is 0.378 e. The smallest absolute Gasteiger partial charge is 0.138 e. The van der Waals surface area contributed by atoms with Crippen molar-refractivity contribution in [3.63, 3.8) is 0 Å². The second-order valence-electron chi connectivity index (χ2n) is 6.12. The molecule has 0 N–H and O–H groups in total. The molecule has 2 nitrogen and oxygen atoms in total. The first-order valence-corrected chi connectivity index (χ1v) is 7.31. The quantitative estimate of drug-likeness (QED) is 0.751. The van der Waals surface area contributed by atoms with E-state index in [1.807, 2.05) is 0 Å². The molecule has 0 spiro atoms. The van der Waals surface area contributed by atoms with Crippen molar-refractivity contribution in [1.29, 1.82) is 0 Å². The van der Waals surface area contributed by atoms with Gasteiger partial charge in [0.25, 0.3) is 0 Å². The molecule has 2 rings (SSSR count). The molecular formula is C15H26O2. The van der Waals surface area contributed by atoms with E-state index < -0.39 is 0 Å². The van der Waals surface area contributed by atoms with E-state index in [1.54, 1.807) is 0 Å². The molecule has 1 saturated carbocycles. The highest BCUT2D eigenvalue weighted by Crippen LogP contribution is 2.34. The van der Waals surface area contributed by atoms with Crippen LogP contribution < -0.4 is 0 Å². The summed E-state index contributed by atoms with van der Waals surface area (Å²) in [4.78, 5) is 12.2. The summed E-state index contributed by atoms with van der Waals surface area (Å²) in [6.07, 6.45) is 7.83. The van der Waals surface area contributed by atoms with Crippen LogP contribution in [0.4, 0.5) is 0 Å². The molecule has 0 radical (unpaired) electrons. The molecule has 2 heteroatoms. The summed E-state index contributed by atoms with van der Waals surface area (Å²) in [6, 6.07) is 0. The number of carbonyl (C=O) groups excluding carboxylic acids is 1. The van der Waals surface area contributed by atoms with Gasteiger partial charge in [0.05, 0.1) is 6.10 Å². The molecular weight excluding hydrogens is 212 g/mol. The van der Waals surface area contributed by atoms with Crippen molar-refractivity contribution in [2.24, 2.45) is 17.8 Å². The molecule has 2 aliphatic rings. The maximum absolute atomic E-state index is 12.2. The third-order valence-corrected chi connectivity index (χ3v) is 4.76. The topological polar surface area (TPSA) is 26.3 Å². The van der Waals surface area contributed by atoms with Crippen LogP contribution in [0.3, 0.4) is 0 Å². The lowest BCUT2D eigenvalue weighted by atomic mass is 9.73. The van der Waals surface area contributed by atoms with Crippen LogP contribution in [0, 0.1) is 17.8 Å². The minimum absolute atomic E-state index is 0.228. The van der Waals surface area contributed by atoms with Gasteiger partial charge in [-0.3, -0.25) is 4.79 Å². The lowest BCUT2D eigenvalue weighted by Gasteiger charge is -2.32. The summed E-state index contributed by atoms with van der Waals surface area (Å²) in [7, 11) is 0. The summed E-state index contributed by atoms with van der Waals surface area (Å²) in [5.74, 6) is 2.30. The molecule has 1 aliphatic carbocycles. The second kappa shape index (κ2) is 5.99. The molecule has 4 atom stereocenters. The summed E-state index contributed by atoms with van der Waals surface area (Å²) in [6.45, 7) is 5.47. The lowest BCUT2D eigenvalue weighted by molar-refractivity contribution is -0.128. The molecule has 0 aromatic carbocycles. The lowest BCUT2D eigenvalue weighted by Crippen LogP contribution is -2.30. The van der Waals surface area contributed by atoms with E-state index in [1.165, 1.54) is 19.3 Å². The maximum Gasteiger partial charge on any atom is 0.138 e. The van der Waals surface area contributed by atoms with Crippen LogP contribution in [0.2, 0.25) is 0 Å². The molecule has 0 aromatic heterocycles. The Labute approximate surface area is 105 Å². The van der Waals surface area contributed by atoms with E-state index in [9.17, 15) is 4.79 Å². The Morgan fingerprint density at radius 2 is 1.94 bits per heavy atom. The minimum Gasteiger partial charge on any atom is -0.378 e. The molecule has 17 heavy (non-hydrogen) atoms. The van der Waals surface area contributed by atoms with Crippen LogP contribution >= 0.6 is 0 Å². The van der Waals surface area contributed by atoms with Gasteiger partial charge in [-0.1, -0.05) is 13.8 Å². The normalized spacial score (nSPS) is 38.9. The van der Waals surface area contributed by atoms with Gasteiger partial charge in [0.2, 0.25) is 0 Å². The molecule has 0 amide bonds. The molecule has 0 aromatic rings. The SMILES string of the molecule is CC1CCC(C(=O)CC2CCCCO2)CC1C. The molecule has 1 aliphatic heterocycles. The van der Waals surface area contributed by atoms with Crippen molar-refractivity contribution in [2.75, 3.05) is 6.61 Å². The molecule has 2 fully saturated rings. The number of hydrogen-bond acceptors (Lipinski definition) is 2. The Hall–Kier alpha value is -0.370. The predicted octanol–water partition coefficient (Wildman–Crippen LogP) is 3.59. The van der Waals surface area contributed by atoms with Crippen LogP contribution in [-0.4, -0.2) is 18.5 Å². The van der Waals surface area contributed by atoms with Crippen molar-refractivity contribution >= 4 is 5.78 Å². The zero-order valence-electron chi connectivity index (χ0n) is 11.3. The van der Waals surface area contributed by atoms with E-state index in [0.717, 1.165) is 31.8 Å². The Balaban J connectivity index is 1.79. The summed E-state index contributed by atoms with van der Waals surface area (Å²) >= 11 is 0. The van der Waals surface area contributed by atoms with Gasteiger partial charge in [-0.15, -0.1) is 0 Å². The van der Waals surface area contributed by atoms with Crippen molar-refractivity contribution < 1.29 is 9.53 Å². The van der Waals surface area contributed by atoms with E-state index in [2.05, 4.69) is 13.8 Å². The van der Waals surface area contributed by atoms with E-state index in [-0.39, 0.29) is 6.10 Å². The monoisotopic (exact) mass is 238 g/mol. The van der Waals surface area contributed by atoms with Crippen LogP contribution in [0.5, 0.6) is 0 Å². The molecule has 4 unspecified atom stereocenters. The van der Waals surface area contributed by atoms with E-state index in [4.69, 9.17) is 4.74 Å². The zero-order valence-corrected chi connectivity index (χ0v) is 11.3. The van der Waals surface area contributed by atoms with E-state index >= 15 is 0 Å². The van der Waals surface area contributed by atoms with Crippen LogP contribution in [0.25, 0.3) is 0 Å². The van der Waals surface area contributed by atoms with Crippen LogP contribution in [0.15, 0.2) is 0 Å². The van der Waals surface area contributed by atoms with Crippen molar-refractivity contribution in [2.45, 2.75) is 64.9 Å². The third kappa shape index (κ3) is 3.54. The number of ether oxygens (including phenoxy) is 1. The van der Waals surface area contributed by atoms with Gasteiger partial charge < -0.3 is 4.74 Å². The van der Waals surface area contributed by atoms with Crippen LogP contribution in [-0.2, 0) is 9.53 Å². The van der Waals surface area contributed by atoms with Gasteiger partial charge in [-0.05, 0) is 50.4 Å². The Bertz CT molecular complexity index is 256. The molecule has 1 saturated heterocycles. The van der Waals surface area contributed by atoms with Crippen molar-refractivity contribution in [3.8, 4) is 0 Å².